The van der Waals surface area contributed by atoms with E-state index >= 15 is 0 Å². The number of halogens is 1. The average Bonchev–Trinajstić information content (AvgIpc) is 2.26. The molecule has 0 unspecified atom stereocenters. The molecule has 0 aliphatic carbocycles. The fourth-order valence-electron chi connectivity index (χ4n) is 1.14. The van der Waals surface area contributed by atoms with Crippen LogP contribution >= 0.6 is 15.9 Å². The molecule has 0 aromatic heterocycles. The maximum Gasteiger partial charge on any atom is 0.241 e. The first-order chi connectivity index (χ1) is 7.51. The molecule has 1 aromatic rings. The van der Waals surface area contributed by atoms with Crippen molar-refractivity contribution in [2.45, 2.75) is 18.2 Å². The summed E-state index contributed by atoms with van der Waals surface area (Å²) in [5.41, 5.74) is 0.137. The lowest BCUT2D eigenvalue weighted by atomic mass is 10.2. The molecular formula is C10H11BrN2O2S. The van der Waals surface area contributed by atoms with E-state index in [0.717, 1.165) is 0 Å². The lowest BCUT2D eigenvalue weighted by Gasteiger charge is -2.07. The Hall–Kier alpha value is -0.900. The molecule has 1 aromatic carbocycles. The van der Waals surface area contributed by atoms with Crippen LogP contribution in [0.4, 0.5) is 0 Å². The number of benzene rings is 1. The monoisotopic (exact) mass is 302 g/mol. The van der Waals surface area contributed by atoms with E-state index in [2.05, 4.69) is 20.7 Å². The summed E-state index contributed by atoms with van der Waals surface area (Å²) < 4.78 is 26.7. The minimum absolute atomic E-state index is 0.0200. The first kappa shape index (κ1) is 13.2. The Labute approximate surface area is 103 Å². The zero-order valence-corrected chi connectivity index (χ0v) is 11.1. The van der Waals surface area contributed by atoms with Gasteiger partial charge in [0.15, 0.2) is 0 Å². The maximum absolute atomic E-state index is 11.8. The molecule has 0 amide bonds. The fraction of sp³-hybridized carbons (Fsp3) is 0.300. The van der Waals surface area contributed by atoms with Crippen molar-refractivity contribution in [2.75, 3.05) is 6.54 Å². The third-order valence-corrected chi connectivity index (χ3v) is 3.91. The predicted octanol–water partition coefficient (Wildman–Crippen LogP) is 2.01. The van der Waals surface area contributed by atoms with Crippen LogP contribution in [0.15, 0.2) is 27.6 Å². The Balaban J connectivity index is 3.19. The fourth-order valence-corrected chi connectivity index (χ4v) is 2.77. The van der Waals surface area contributed by atoms with Crippen molar-refractivity contribution >= 4 is 26.0 Å². The highest BCUT2D eigenvalue weighted by Gasteiger charge is 2.17. The van der Waals surface area contributed by atoms with Crippen molar-refractivity contribution in [3.63, 3.8) is 0 Å². The van der Waals surface area contributed by atoms with Gasteiger partial charge in [0.2, 0.25) is 10.0 Å². The summed E-state index contributed by atoms with van der Waals surface area (Å²) in [4.78, 5) is 0.0200. The third-order valence-electron chi connectivity index (χ3n) is 1.89. The minimum atomic E-state index is -3.58. The molecule has 0 fully saturated rings. The molecule has 0 aliphatic heterocycles. The van der Waals surface area contributed by atoms with Gasteiger partial charge in [-0.1, -0.05) is 22.9 Å². The smallest absolute Gasteiger partial charge is 0.211 e. The van der Waals surface area contributed by atoms with E-state index in [1.807, 2.05) is 13.0 Å². The van der Waals surface area contributed by atoms with E-state index in [0.29, 0.717) is 17.4 Å². The lowest BCUT2D eigenvalue weighted by molar-refractivity contribution is 0.580. The number of nitrogens with zero attached hydrogens (tertiary/aromatic N) is 1. The summed E-state index contributed by atoms with van der Waals surface area (Å²) in [6, 6.07) is 6.37. The van der Waals surface area contributed by atoms with Crippen LogP contribution in [0.2, 0.25) is 0 Å². The summed E-state index contributed by atoms with van der Waals surface area (Å²) in [5.74, 6) is 0. The molecule has 4 nitrogen and oxygen atoms in total. The van der Waals surface area contributed by atoms with Gasteiger partial charge in [0.05, 0.1) is 10.5 Å². The van der Waals surface area contributed by atoms with Crippen LogP contribution in [0.5, 0.6) is 0 Å². The molecule has 0 heterocycles. The molecule has 0 spiro atoms. The predicted molar refractivity (Wildman–Crippen MR) is 64.3 cm³/mol. The van der Waals surface area contributed by atoms with E-state index in [9.17, 15) is 8.42 Å². The number of hydrogen-bond acceptors (Lipinski definition) is 3. The van der Waals surface area contributed by atoms with Crippen LogP contribution in [0, 0.1) is 11.3 Å². The molecule has 1 rings (SSSR count). The summed E-state index contributed by atoms with van der Waals surface area (Å²) >= 11 is 3.19. The van der Waals surface area contributed by atoms with Crippen LogP contribution < -0.4 is 4.72 Å². The zero-order valence-electron chi connectivity index (χ0n) is 8.70. The normalized spacial score (nSPS) is 11.1. The zero-order chi connectivity index (χ0) is 12.2. The number of nitrogens with one attached hydrogen (secondary N) is 1. The topological polar surface area (TPSA) is 70.0 Å². The Morgan fingerprint density at radius 3 is 2.75 bits per heavy atom. The van der Waals surface area contributed by atoms with Crippen LogP contribution in [0.3, 0.4) is 0 Å². The van der Waals surface area contributed by atoms with Crippen molar-refractivity contribution < 1.29 is 8.42 Å². The number of rotatable bonds is 4. The quantitative estimate of drug-likeness (QED) is 0.925. The van der Waals surface area contributed by atoms with Gasteiger partial charge in [-0.15, -0.1) is 0 Å². The number of sulfonamides is 1. The van der Waals surface area contributed by atoms with Crippen LogP contribution in [-0.2, 0) is 10.0 Å². The molecule has 86 valence electrons. The van der Waals surface area contributed by atoms with Crippen molar-refractivity contribution in [3.8, 4) is 6.07 Å². The minimum Gasteiger partial charge on any atom is -0.211 e. The molecule has 0 radical (unpaired) electrons. The molecule has 0 atom stereocenters. The van der Waals surface area contributed by atoms with Crippen LogP contribution in [-0.4, -0.2) is 15.0 Å². The van der Waals surface area contributed by atoms with E-state index in [1.165, 1.54) is 12.1 Å². The molecule has 0 aliphatic rings. The van der Waals surface area contributed by atoms with Gasteiger partial charge in [-0.25, -0.2) is 13.1 Å². The highest BCUT2D eigenvalue weighted by molar-refractivity contribution is 9.10. The molecule has 16 heavy (non-hydrogen) atoms. The van der Waals surface area contributed by atoms with Gasteiger partial charge in [-0.05, 0) is 24.6 Å². The van der Waals surface area contributed by atoms with Gasteiger partial charge in [-0.3, -0.25) is 0 Å². The first-order valence-electron chi connectivity index (χ1n) is 4.70. The standard InChI is InChI=1S/C10H11BrN2O2S/c1-2-5-13-16(14,15)10-4-3-9(11)6-8(10)7-12/h3-4,6,13H,2,5H2,1H3. The van der Waals surface area contributed by atoms with Crippen LogP contribution in [0.25, 0.3) is 0 Å². The van der Waals surface area contributed by atoms with Gasteiger partial charge in [-0.2, -0.15) is 5.26 Å². The van der Waals surface area contributed by atoms with E-state index in [4.69, 9.17) is 5.26 Å². The van der Waals surface area contributed by atoms with Gasteiger partial charge < -0.3 is 0 Å². The van der Waals surface area contributed by atoms with Gasteiger partial charge in [0.1, 0.15) is 6.07 Å². The molecule has 1 N–H and O–H groups in total. The average molecular weight is 303 g/mol. The van der Waals surface area contributed by atoms with Gasteiger partial charge >= 0.3 is 0 Å². The van der Waals surface area contributed by atoms with E-state index < -0.39 is 10.0 Å². The molecule has 6 heteroatoms. The van der Waals surface area contributed by atoms with Crippen molar-refractivity contribution in [3.05, 3.63) is 28.2 Å². The second-order valence-corrected chi connectivity index (χ2v) is 5.80. The second-order valence-electron chi connectivity index (χ2n) is 3.15. The molecule has 0 saturated carbocycles. The second kappa shape index (κ2) is 5.43. The van der Waals surface area contributed by atoms with Crippen LogP contribution in [0.1, 0.15) is 18.9 Å². The lowest BCUT2D eigenvalue weighted by Crippen LogP contribution is -2.25. The van der Waals surface area contributed by atoms with Crippen molar-refractivity contribution in [1.29, 1.82) is 5.26 Å². The Morgan fingerprint density at radius 2 is 2.19 bits per heavy atom. The SMILES string of the molecule is CCCNS(=O)(=O)c1ccc(Br)cc1C#N. The first-order valence-corrected chi connectivity index (χ1v) is 6.98. The van der Waals surface area contributed by atoms with Gasteiger partial charge in [0.25, 0.3) is 0 Å². The highest BCUT2D eigenvalue weighted by Crippen LogP contribution is 2.19. The molecule has 0 bridgehead atoms. The van der Waals surface area contributed by atoms with Crippen molar-refractivity contribution in [1.82, 2.24) is 4.72 Å². The summed E-state index contributed by atoms with van der Waals surface area (Å²) in [6.07, 6.45) is 0.706. The number of hydrogen-bond donors (Lipinski definition) is 1. The highest BCUT2D eigenvalue weighted by atomic mass is 79.9. The Kier molecular flexibility index (Phi) is 4.47. The maximum atomic E-state index is 11.8. The van der Waals surface area contributed by atoms with Gasteiger partial charge in [0, 0.05) is 11.0 Å². The summed E-state index contributed by atoms with van der Waals surface area (Å²) in [6.45, 7) is 2.23. The largest absolute Gasteiger partial charge is 0.241 e. The number of nitriles is 1. The Morgan fingerprint density at radius 1 is 1.50 bits per heavy atom. The summed E-state index contributed by atoms with van der Waals surface area (Å²) in [5, 5.41) is 8.87. The molecular weight excluding hydrogens is 292 g/mol. The molecule has 0 saturated heterocycles. The van der Waals surface area contributed by atoms with Crippen molar-refractivity contribution in [2.24, 2.45) is 0 Å². The summed E-state index contributed by atoms with van der Waals surface area (Å²) in [7, 11) is -3.58. The third kappa shape index (κ3) is 3.04. The van der Waals surface area contributed by atoms with E-state index in [1.54, 1.807) is 6.07 Å². The van der Waals surface area contributed by atoms with E-state index in [-0.39, 0.29) is 10.5 Å². The Bertz CT molecular complexity index is 520.